The highest BCUT2D eigenvalue weighted by atomic mass is 16.4. The first-order chi connectivity index (χ1) is 9.54. The van der Waals surface area contributed by atoms with Crippen LogP contribution in [-0.4, -0.2) is 20.4 Å². The van der Waals surface area contributed by atoms with Crippen LogP contribution >= 0.6 is 0 Å². The molecule has 2 rings (SSSR count). The molecule has 1 aromatic heterocycles. The van der Waals surface area contributed by atoms with E-state index in [1.165, 1.54) is 9.36 Å². The van der Waals surface area contributed by atoms with Crippen molar-refractivity contribution in [3.63, 3.8) is 0 Å². The van der Waals surface area contributed by atoms with Gasteiger partial charge in [0.25, 0.3) is 11.1 Å². The lowest BCUT2D eigenvalue weighted by Gasteiger charge is -2.14. The molecule has 0 unspecified atom stereocenters. The number of benzene rings is 1. The van der Waals surface area contributed by atoms with Gasteiger partial charge < -0.3 is 5.11 Å². The van der Waals surface area contributed by atoms with Crippen molar-refractivity contribution in [2.24, 2.45) is 0 Å². The Morgan fingerprint density at radius 1 is 1.20 bits per heavy atom. The fourth-order valence-corrected chi connectivity index (χ4v) is 2.04. The van der Waals surface area contributed by atoms with E-state index in [0.717, 1.165) is 6.07 Å². The molecule has 0 aliphatic rings. The topological polar surface area (TPSA) is 81.3 Å². The molecule has 0 fully saturated rings. The Hall–Kier alpha value is -2.63. The number of hydrogen-bond acceptors (Lipinski definition) is 3. The van der Waals surface area contributed by atoms with Gasteiger partial charge >= 0.3 is 5.97 Å². The van der Waals surface area contributed by atoms with Crippen LogP contribution in [0.1, 0.15) is 12.5 Å². The van der Waals surface area contributed by atoms with Gasteiger partial charge in [-0.2, -0.15) is 0 Å². The second-order valence-electron chi connectivity index (χ2n) is 4.25. The van der Waals surface area contributed by atoms with E-state index in [2.05, 4.69) is 0 Å². The van der Waals surface area contributed by atoms with Gasteiger partial charge in [-0.1, -0.05) is 18.2 Å². The van der Waals surface area contributed by atoms with Crippen LogP contribution in [0.5, 0.6) is 0 Å². The standard InChI is InChI=1S/C14H14N2O4/c1-2-15-12(17)8-10(9-13(18)19)14(20)16(15)11-6-4-3-5-7-11/h3-8H,2,9H2,1H3,(H,18,19). The van der Waals surface area contributed by atoms with E-state index in [4.69, 9.17) is 5.11 Å². The third-order valence-electron chi connectivity index (χ3n) is 2.90. The number of nitrogens with zero attached hydrogens (tertiary/aromatic N) is 2. The van der Waals surface area contributed by atoms with Gasteiger partial charge in [0.1, 0.15) is 0 Å². The van der Waals surface area contributed by atoms with Gasteiger partial charge in [0.15, 0.2) is 0 Å². The van der Waals surface area contributed by atoms with E-state index in [0.29, 0.717) is 12.2 Å². The van der Waals surface area contributed by atoms with Crippen molar-refractivity contribution >= 4 is 5.97 Å². The number of carboxylic acid groups (broad SMARTS) is 1. The minimum atomic E-state index is -1.14. The minimum absolute atomic E-state index is 0.0175. The van der Waals surface area contributed by atoms with E-state index in [-0.39, 0.29) is 5.56 Å². The summed E-state index contributed by atoms with van der Waals surface area (Å²) >= 11 is 0. The van der Waals surface area contributed by atoms with Gasteiger partial charge in [-0.25, -0.2) is 9.36 Å². The molecular weight excluding hydrogens is 260 g/mol. The highest BCUT2D eigenvalue weighted by molar-refractivity contribution is 5.69. The van der Waals surface area contributed by atoms with E-state index in [9.17, 15) is 14.4 Å². The highest BCUT2D eigenvalue weighted by Crippen LogP contribution is 2.04. The lowest BCUT2D eigenvalue weighted by molar-refractivity contribution is -0.136. The minimum Gasteiger partial charge on any atom is -0.481 e. The molecule has 1 aromatic carbocycles. The summed E-state index contributed by atoms with van der Waals surface area (Å²) in [5.74, 6) is -1.14. The van der Waals surface area contributed by atoms with Gasteiger partial charge in [0.05, 0.1) is 12.1 Å². The first-order valence-electron chi connectivity index (χ1n) is 6.18. The van der Waals surface area contributed by atoms with Gasteiger partial charge in [0, 0.05) is 18.2 Å². The molecule has 1 N–H and O–H groups in total. The second kappa shape index (κ2) is 5.56. The molecule has 104 valence electrons. The molecule has 0 atom stereocenters. The van der Waals surface area contributed by atoms with E-state index < -0.39 is 23.5 Å². The average molecular weight is 274 g/mol. The molecule has 6 nitrogen and oxygen atoms in total. The molecular formula is C14H14N2O4. The first kappa shape index (κ1) is 13.8. The van der Waals surface area contributed by atoms with Gasteiger partial charge in [0.2, 0.25) is 0 Å². The maximum Gasteiger partial charge on any atom is 0.308 e. The predicted octanol–water partition coefficient (Wildman–Crippen LogP) is 0.646. The number of para-hydroxylation sites is 1. The zero-order chi connectivity index (χ0) is 14.7. The monoisotopic (exact) mass is 274 g/mol. The van der Waals surface area contributed by atoms with Gasteiger partial charge in [-0.05, 0) is 19.1 Å². The zero-order valence-corrected chi connectivity index (χ0v) is 10.9. The summed E-state index contributed by atoms with van der Waals surface area (Å²) in [5, 5.41) is 8.81. The number of aromatic nitrogens is 2. The molecule has 0 saturated carbocycles. The van der Waals surface area contributed by atoms with Crippen LogP contribution in [0.3, 0.4) is 0 Å². The molecule has 6 heteroatoms. The average Bonchev–Trinajstić information content (AvgIpc) is 2.42. The molecule has 1 heterocycles. The molecule has 0 bridgehead atoms. The number of rotatable bonds is 4. The molecule has 20 heavy (non-hydrogen) atoms. The molecule has 0 saturated heterocycles. The predicted molar refractivity (Wildman–Crippen MR) is 73.3 cm³/mol. The van der Waals surface area contributed by atoms with Crippen molar-refractivity contribution in [2.45, 2.75) is 19.9 Å². The Morgan fingerprint density at radius 3 is 2.40 bits per heavy atom. The summed E-state index contributed by atoms with van der Waals surface area (Å²) in [7, 11) is 0. The molecule has 0 aliphatic heterocycles. The summed E-state index contributed by atoms with van der Waals surface area (Å²) in [6.45, 7) is 2.06. The van der Waals surface area contributed by atoms with Crippen molar-refractivity contribution < 1.29 is 9.90 Å². The Labute approximate surface area is 114 Å². The Morgan fingerprint density at radius 2 is 1.85 bits per heavy atom. The third-order valence-corrected chi connectivity index (χ3v) is 2.90. The number of aliphatic carboxylic acids is 1. The third kappa shape index (κ3) is 2.54. The molecule has 0 spiro atoms. The summed E-state index contributed by atoms with van der Waals surface area (Å²) in [6, 6.07) is 9.77. The van der Waals surface area contributed by atoms with Crippen LogP contribution in [0, 0.1) is 0 Å². The maximum atomic E-state index is 12.4. The van der Waals surface area contributed by atoms with Crippen LogP contribution in [0.4, 0.5) is 0 Å². The summed E-state index contributed by atoms with van der Waals surface area (Å²) < 4.78 is 2.50. The Bertz CT molecular complexity index is 744. The van der Waals surface area contributed by atoms with Crippen molar-refractivity contribution in [3.05, 3.63) is 62.7 Å². The smallest absolute Gasteiger partial charge is 0.308 e. The fraction of sp³-hybridized carbons (Fsp3) is 0.214. The van der Waals surface area contributed by atoms with Crippen LogP contribution in [0.25, 0.3) is 5.69 Å². The number of hydrogen-bond donors (Lipinski definition) is 1. The van der Waals surface area contributed by atoms with Crippen molar-refractivity contribution in [1.82, 2.24) is 9.36 Å². The van der Waals surface area contributed by atoms with E-state index >= 15 is 0 Å². The number of carboxylic acids is 1. The van der Waals surface area contributed by atoms with Crippen LogP contribution in [0.2, 0.25) is 0 Å². The van der Waals surface area contributed by atoms with Gasteiger partial charge in [-0.3, -0.25) is 14.4 Å². The van der Waals surface area contributed by atoms with Crippen LogP contribution in [-0.2, 0) is 17.8 Å². The van der Waals surface area contributed by atoms with E-state index in [1.54, 1.807) is 37.3 Å². The van der Waals surface area contributed by atoms with Crippen LogP contribution < -0.4 is 11.1 Å². The summed E-state index contributed by atoms with van der Waals surface area (Å²) in [4.78, 5) is 35.2. The van der Waals surface area contributed by atoms with Gasteiger partial charge in [-0.15, -0.1) is 0 Å². The Balaban J connectivity index is 2.77. The normalized spacial score (nSPS) is 10.4. The SMILES string of the molecule is CCn1c(=O)cc(CC(=O)O)c(=O)n1-c1ccccc1. The fourth-order valence-electron chi connectivity index (χ4n) is 2.04. The second-order valence-corrected chi connectivity index (χ2v) is 4.25. The lowest BCUT2D eigenvalue weighted by atomic mass is 10.2. The lowest BCUT2D eigenvalue weighted by Crippen LogP contribution is -2.39. The van der Waals surface area contributed by atoms with E-state index in [1.807, 2.05) is 0 Å². The molecule has 0 aliphatic carbocycles. The quantitative estimate of drug-likeness (QED) is 0.887. The summed E-state index contributed by atoms with van der Waals surface area (Å²) in [5.41, 5.74) is -0.369. The van der Waals surface area contributed by atoms with Crippen molar-refractivity contribution in [2.75, 3.05) is 0 Å². The maximum absolute atomic E-state index is 12.4. The van der Waals surface area contributed by atoms with Crippen molar-refractivity contribution in [1.29, 1.82) is 0 Å². The Kier molecular flexibility index (Phi) is 3.84. The largest absolute Gasteiger partial charge is 0.481 e. The highest BCUT2D eigenvalue weighted by Gasteiger charge is 2.14. The van der Waals surface area contributed by atoms with Crippen molar-refractivity contribution in [3.8, 4) is 5.69 Å². The molecule has 2 aromatic rings. The molecule has 0 radical (unpaired) electrons. The van der Waals surface area contributed by atoms with Crippen LogP contribution in [0.15, 0.2) is 46.0 Å². The first-order valence-corrected chi connectivity index (χ1v) is 6.18. The number of carbonyl (C=O) groups is 1. The zero-order valence-electron chi connectivity index (χ0n) is 10.9. The summed E-state index contributed by atoms with van der Waals surface area (Å²) in [6.07, 6.45) is -0.467. The molecule has 0 amide bonds.